The molecule has 2 amide bonds. The molecule has 3 aromatic rings. The molecule has 4 bridgehead atoms. The van der Waals surface area contributed by atoms with Crippen molar-refractivity contribution in [1.82, 2.24) is 20.5 Å². The predicted molar refractivity (Wildman–Crippen MR) is 139 cm³/mol. The third-order valence-electron chi connectivity index (χ3n) is 8.26. The first kappa shape index (κ1) is 23.9. The molecule has 0 radical (unpaired) electrons. The molecule has 37 heavy (non-hydrogen) atoms. The fourth-order valence-electron chi connectivity index (χ4n) is 6.36. The summed E-state index contributed by atoms with van der Waals surface area (Å²) in [5.41, 5.74) is 2.46. The lowest BCUT2D eigenvalue weighted by Crippen LogP contribution is -2.70. The van der Waals surface area contributed by atoms with E-state index in [1.165, 1.54) is 12.8 Å². The summed E-state index contributed by atoms with van der Waals surface area (Å²) in [4.78, 5) is 31.7. The van der Waals surface area contributed by atoms with Gasteiger partial charge in [0.1, 0.15) is 5.75 Å². The first-order valence-corrected chi connectivity index (χ1v) is 13.2. The van der Waals surface area contributed by atoms with E-state index in [-0.39, 0.29) is 24.2 Å². The number of nitrogens with zero attached hydrogens (tertiary/aromatic N) is 2. The predicted octanol–water partition coefficient (Wildman–Crippen LogP) is 4.07. The van der Waals surface area contributed by atoms with Crippen LogP contribution in [-0.2, 0) is 4.74 Å². The Labute approximate surface area is 216 Å². The van der Waals surface area contributed by atoms with Crippen LogP contribution in [0, 0.1) is 5.92 Å². The van der Waals surface area contributed by atoms with Crippen molar-refractivity contribution < 1.29 is 19.1 Å². The average molecular weight is 501 g/mol. The van der Waals surface area contributed by atoms with E-state index < -0.39 is 6.09 Å². The number of carbonyl (C=O) groups is 2. The lowest BCUT2D eigenvalue weighted by Gasteiger charge is -2.64. The van der Waals surface area contributed by atoms with E-state index in [0.29, 0.717) is 29.8 Å². The van der Waals surface area contributed by atoms with Crippen molar-refractivity contribution >= 4 is 22.9 Å². The van der Waals surface area contributed by atoms with Gasteiger partial charge in [0.25, 0.3) is 5.91 Å². The van der Waals surface area contributed by atoms with E-state index >= 15 is 0 Å². The first-order valence-electron chi connectivity index (χ1n) is 13.2. The van der Waals surface area contributed by atoms with Gasteiger partial charge in [0.2, 0.25) is 0 Å². The highest BCUT2D eigenvalue weighted by Gasteiger charge is 2.58. The van der Waals surface area contributed by atoms with Crippen molar-refractivity contribution in [3.8, 4) is 5.75 Å². The Morgan fingerprint density at radius 1 is 1.14 bits per heavy atom. The number of amides is 2. The van der Waals surface area contributed by atoms with E-state index in [1.807, 2.05) is 42.6 Å². The zero-order valence-corrected chi connectivity index (χ0v) is 21.0. The van der Waals surface area contributed by atoms with Crippen LogP contribution in [0.4, 0.5) is 4.79 Å². The molecule has 5 saturated heterocycles. The van der Waals surface area contributed by atoms with Gasteiger partial charge in [0, 0.05) is 42.8 Å². The second-order valence-corrected chi connectivity index (χ2v) is 10.2. The minimum atomic E-state index is -0.569. The number of hydrogen-bond acceptors (Lipinski definition) is 6. The summed E-state index contributed by atoms with van der Waals surface area (Å²) < 4.78 is 12.4. The van der Waals surface area contributed by atoms with Crippen LogP contribution in [0.3, 0.4) is 0 Å². The van der Waals surface area contributed by atoms with Crippen LogP contribution < -0.4 is 15.4 Å². The van der Waals surface area contributed by atoms with Gasteiger partial charge in [0.05, 0.1) is 17.2 Å². The van der Waals surface area contributed by atoms with Gasteiger partial charge in [0.15, 0.2) is 0 Å². The molecule has 8 nitrogen and oxygen atoms in total. The summed E-state index contributed by atoms with van der Waals surface area (Å²) in [6, 6.07) is 16.9. The number of benzene rings is 2. The molecule has 5 atom stereocenters. The Balaban J connectivity index is 1.12. The van der Waals surface area contributed by atoms with Crippen LogP contribution in [0.5, 0.6) is 5.75 Å². The number of carbonyl (C=O) groups excluding carboxylic acids is 2. The molecular weight excluding hydrogens is 468 g/mol. The number of piperidine rings is 3. The van der Waals surface area contributed by atoms with Gasteiger partial charge in [-0.3, -0.25) is 14.7 Å². The van der Waals surface area contributed by atoms with E-state index in [0.717, 1.165) is 36.0 Å². The maximum absolute atomic E-state index is 12.4. The molecule has 2 N–H and O–H groups in total. The van der Waals surface area contributed by atoms with Gasteiger partial charge in [-0.05, 0) is 73.7 Å². The lowest BCUT2D eigenvalue weighted by molar-refractivity contribution is -0.274. The minimum Gasteiger partial charge on any atom is -0.410 e. The molecular formula is C29H32N4O4. The minimum absolute atomic E-state index is 0.0203. The van der Waals surface area contributed by atoms with Gasteiger partial charge in [-0.15, -0.1) is 0 Å². The Morgan fingerprint density at radius 3 is 2.76 bits per heavy atom. The summed E-state index contributed by atoms with van der Waals surface area (Å²) in [5, 5.41) is 6.43. The Bertz CT molecular complexity index is 1320. The van der Waals surface area contributed by atoms with Crippen molar-refractivity contribution in [1.29, 1.82) is 0 Å². The van der Waals surface area contributed by atoms with Gasteiger partial charge in [-0.25, -0.2) is 4.79 Å². The fourth-order valence-corrected chi connectivity index (χ4v) is 6.36. The molecule has 5 aliphatic rings. The molecule has 1 aromatic heterocycles. The number of ether oxygens (including phenoxy) is 2. The van der Waals surface area contributed by atoms with E-state index in [2.05, 4.69) is 27.4 Å². The summed E-state index contributed by atoms with van der Waals surface area (Å²) in [6.07, 6.45) is 4.65. The monoisotopic (exact) mass is 500 g/mol. The number of aromatic nitrogens is 1. The number of rotatable bonds is 7. The molecule has 5 fully saturated rings. The quantitative estimate of drug-likeness (QED) is 0.475. The van der Waals surface area contributed by atoms with Gasteiger partial charge < -0.3 is 20.1 Å². The Hall–Kier alpha value is -3.49. The Morgan fingerprint density at radius 2 is 1.97 bits per heavy atom. The molecule has 0 aliphatic carbocycles. The topological polar surface area (TPSA) is 92.8 Å². The van der Waals surface area contributed by atoms with Crippen LogP contribution in [0.1, 0.15) is 48.2 Å². The second-order valence-electron chi connectivity index (χ2n) is 10.2. The average Bonchev–Trinajstić information content (AvgIpc) is 2.95. The molecule has 192 valence electrons. The number of pyridine rings is 1. The van der Waals surface area contributed by atoms with Crippen LogP contribution >= 0.6 is 0 Å². The highest BCUT2D eigenvalue weighted by Crippen LogP contribution is 2.54. The molecule has 2 aromatic carbocycles. The van der Waals surface area contributed by atoms with Gasteiger partial charge in [-0.1, -0.05) is 25.1 Å². The van der Waals surface area contributed by atoms with E-state index in [4.69, 9.17) is 9.47 Å². The zero-order valence-electron chi connectivity index (χ0n) is 21.0. The van der Waals surface area contributed by atoms with Crippen LogP contribution in [0.2, 0.25) is 0 Å². The van der Waals surface area contributed by atoms with E-state index in [1.54, 1.807) is 18.2 Å². The third-order valence-corrected chi connectivity index (χ3v) is 8.26. The standard InChI is InChI=1S/C29H32N4O4/c1-2-29-18-33-15-11-20(29)16-25(33)26(37-29)22-10-12-30-24-9-8-21(17-23(22)24)36-28(35)32-14-13-31-27(34)19-6-4-3-5-7-19/h3-10,12,17,20,25-26H,2,11,13-16,18H2,1H3,(H,31,34)(H,32,35)/t20-,25+,26-,29-/m0/s1. The van der Waals surface area contributed by atoms with Crippen molar-refractivity contribution in [2.24, 2.45) is 5.92 Å². The first-order chi connectivity index (χ1) is 18.1. The number of morpholine rings is 1. The molecule has 6 heterocycles. The van der Waals surface area contributed by atoms with Crippen LogP contribution in [0.15, 0.2) is 60.8 Å². The lowest BCUT2D eigenvalue weighted by atomic mass is 9.66. The van der Waals surface area contributed by atoms with Crippen molar-refractivity contribution in [3.63, 3.8) is 0 Å². The fraction of sp³-hybridized carbons (Fsp3) is 0.414. The van der Waals surface area contributed by atoms with Crippen molar-refractivity contribution in [2.75, 3.05) is 26.2 Å². The molecule has 8 rings (SSSR count). The van der Waals surface area contributed by atoms with Crippen LogP contribution in [0.25, 0.3) is 10.9 Å². The molecule has 0 saturated carbocycles. The Kier molecular flexibility index (Phi) is 6.30. The molecule has 8 heteroatoms. The molecule has 0 spiro atoms. The zero-order chi connectivity index (χ0) is 25.4. The van der Waals surface area contributed by atoms with Gasteiger partial charge >= 0.3 is 6.09 Å². The summed E-state index contributed by atoms with van der Waals surface area (Å²) in [6.45, 7) is 4.96. The number of hydrogen-bond donors (Lipinski definition) is 2. The maximum Gasteiger partial charge on any atom is 0.412 e. The normalized spacial score (nSPS) is 27.7. The second kappa shape index (κ2) is 9.76. The highest BCUT2D eigenvalue weighted by molar-refractivity contribution is 5.94. The maximum atomic E-state index is 12.4. The summed E-state index contributed by atoms with van der Waals surface area (Å²) in [5.74, 6) is 0.899. The molecule has 5 aliphatic heterocycles. The van der Waals surface area contributed by atoms with Crippen LogP contribution in [-0.4, -0.2) is 59.7 Å². The van der Waals surface area contributed by atoms with Crippen molar-refractivity contribution in [2.45, 2.75) is 43.9 Å². The summed E-state index contributed by atoms with van der Waals surface area (Å²) >= 11 is 0. The highest BCUT2D eigenvalue weighted by atomic mass is 16.6. The number of nitrogens with one attached hydrogen (secondary N) is 2. The van der Waals surface area contributed by atoms with E-state index in [9.17, 15) is 9.59 Å². The van der Waals surface area contributed by atoms with Crippen molar-refractivity contribution in [3.05, 3.63) is 71.9 Å². The smallest absolute Gasteiger partial charge is 0.410 e. The summed E-state index contributed by atoms with van der Waals surface area (Å²) in [7, 11) is 0. The number of fused-ring (bicyclic) bond motifs is 3. The third kappa shape index (κ3) is 4.45. The molecule has 1 unspecified atom stereocenters. The van der Waals surface area contributed by atoms with Gasteiger partial charge in [-0.2, -0.15) is 0 Å². The SMILES string of the molecule is CC[C@]12CN3CC[C@H]1C[C@@H]3[C@H](c1ccnc3ccc(OC(=O)NCCNC(=O)c4ccccc4)cc13)O2. The largest absolute Gasteiger partial charge is 0.412 e.